The molecular weight excluding hydrogens is 362 g/mol. The van der Waals surface area contributed by atoms with Crippen molar-refractivity contribution in [3.8, 4) is 0 Å². The van der Waals surface area contributed by atoms with Crippen molar-refractivity contribution < 1.29 is 15.0 Å². The lowest BCUT2D eigenvalue weighted by molar-refractivity contribution is -0.122. The maximum Gasteiger partial charge on any atom is 0.220 e. The fraction of sp³-hybridized carbons (Fsp3) is 0.800. The second-order valence-corrected chi connectivity index (χ2v) is 10.2. The van der Waals surface area contributed by atoms with Gasteiger partial charge in [-0.2, -0.15) is 0 Å². The van der Waals surface area contributed by atoms with Crippen LogP contribution in [-0.2, 0) is 4.79 Å². The first kappa shape index (κ1) is 24.1. The maximum atomic E-state index is 11.9. The molecule has 0 aromatic heterocycles. The Hall–Kier alpha value is -1.13. The molecule has 0 bridgehead atoms. The molecule has 1 amide bonds. The topological polar surface area (TPSA) is 69.6 Å². The molecule has 29 heavy (non-hydrogen) atoms. The molecule has 1 fully saturated rings. The summed E-state index contributed by atoms with van der Waals surface area (Å²) in [5, 5.41) is 23.6. The van der Waals surface area contributed by atoms with Gasteiger partial charge in [0.25, 0.3) is 0 Å². The van der Waals surface area contributed by atoms with Crippen LogP contribution in [0.5, 0.6) is 0 Å². The fourth-order valence-electron chi connectivity index (χ4n) is 4.87. The third-order valence-electron chi connectivity index (χ3n) is 6.28. The highest BCUT2D eigenvalue weighted by Crippen LogP contribution is 2.48. The van der Waals surface area contributed by atoms with Crippen molar-refractivity contribution >= 4 is 5.91 Å². The van der Waals surface area contributed by atoms with Crippen molar-refractivity contribution in [3.63, 3.8) is 0 Å². The number of allylic oxidation sites excluding steroid dienone is 2. The molecular formula is C25H43NO3. The first-order valence-electron chi connectivity index (χ1n) is 11.7. The number of rotatable bonds is 11. The molecule has 0 unspecified atom stereocenters. The largest absolute Gasteiger partial charge is 0.392 e. The molecule has 2 aliphatic rings. The Morgan fingerprint density at radius 1 is 1.28 bits per heavy atom. The van der Waals surface area contributed by atoms with E-state index in [2.05, 4.69) is 24.4 Å². The van der Waals surface area contributed by atoms with E-state index < -0.39 is 0 Å². The maximum absolute atomic E-state index is 11.9. The Balaban J connectivity index is 1.73. The van der Waals surface area contributed by atoms with Gasteiger partial charge in [-0.25, -0.2) is 0 Å². The molecule has 2 rings (SSSR count). The third-order valence-corrected chi connectivity index (χ3v) is 6.28. The average molecular weight is 406 g/mol. The van der Waals surface area contributed by atoms with E-state index in [1.807, 2.05) is 26.8 Å². The number of unbranched alkanes of at least 4 members (excludes halogenated alkanes) is 3. The summed E-state index contributed by atoms with van der Waals surface area (Å²) in [6, 6.07) is 0. The smallest absolute Gasteiger partial charge is 0.220 e. The second kappa shape index (κ2) is 11.3. The second-order valence-electron chi connectivity index (χ2n) is 10.2. The molecule has 4 nitrogen and oxygen atoms in total. The van der Waals surface area contributed by atoms with Crippen LogP contribution in [0.1, 0.15) is 91.9 Å². The van der Waals surface area contributed by atoms with Gasteiger partial charge in [-0.1, -0.05) is 50.0 Å². The highest BCUT2D eigenvalue weighted by atomic mass is 16.3. The highest BCUT2D eigenvalue weighted by Gasteiger charge is 2.43. The summed E-state index contributed by atoms with van der Waals surface area (Å²) < 4.78 is 0. The van der Waals surface area contributed by atoms with E-state index in [0.717, 1.165) is 57.8 Å². The van der Waals surface area contributed by atoms with Gasteiger partial charge in [0.1, 0.15) is 0 Å². The number of fused-ring (bicyclic) bond motifs is 1. The highest BCUT2D eigenvalue weighted by molar-refractivity contribution is 5.76. The Morgan fingerprint density at radius 2 is 2.03 bits per heavy atom. The first-order valence-corrected chi connectivity index (χ1v) is 11.7. The molecule has 0 aliphatic heterocycles. The Kier molecular flexibility index (Phi) is 9.42. The minimum absolute atomic E-state index is 0.139. The SMILES string of the molecule is CCCCC[C@H](O)/C=C/[C@@H]1[C@H]2CC(CCCCC(=O)NC(C)(C)C)=C[C@H]2C[C@H]1O. The van der Waals surface area contributed by atoms with Crippen LogP contribution >= 0.6 is 0 Å². The Bertz CT molecular complexity index is 575. The number of carbonyl (C=O) groups is 1. The zero-order chi connectivity index (χ0) is 21.4. The minimum atomic E-state index is -0.388. The predicted molar refractivity (Wildman–Crippen MR) is 119 cm³/mol. The molecule has 4 heteroatoms. The molecule has 0 aromatic carbocycles. The molecule has 0 heterocycles. The van der Waals surface area contributed by atoms with E-state index in [-0.39, 0.29) is 29.6 Å². The summed E-state index contributed by atoms with van der Waals surface area (Å²) in [5.74, 6) is 1.24. The van der Waals surface area contributed by atoms with E-state index in [4.69, 9.17) is 0 Å². The van der Waals surface area contributed by atoms with Crippen LogP contribution in [0.4, 0.5) is 0 Å². The van der Waals surface area contributed by atoms with Crippen LogP contribution in [0.2, 0.25) is 0 Å². The van der Waals surface area contributed by atoms with Crippen molar-refractivity contribution in [1.29, 1.82) is 0 Å². The van der Waals surface area contributed by atoms with E-state index in [1.54, 1.807) is 0 Å². The molecule has 0 spiro atoms. The minimum Gasteiger partial charge on any atom is -0.392 e. The standard InChI is InChI=1S/C25H43NO3/c1-5-6-7-11-20(27)13-14-21-22-16-18(15-19(22)17-23(21)28)10-8-9-12-24(29)26-25(2,3)4/h13-15,19-23,27-28H,5-12,16-17H2,1-4H3,(H,26,29)/b14-13+/t19-,20-,21+,22-,23+/m0/s1. The number of aliphatic hydroxyl groups is 2. The Labute approximate surface area is 177 Å². The van der Waals surface area contributed by atoms with Crippen LogP contribution in [0, 0.1) is 17.8 Å². The normalized spacial score (nSPS) is 27.9. The van der Waals surface area contributed by atoms with Crippen LogP contribution in [0.15, 0.2) is 23.8 Å². The molecule has 2 aliphatic carbocycles. The number of aliphatic hydroxyl groups excluding tert-OH is 2. The van der Waals surface area contributed by atoms with Crippen molar-refractivity contribution in [1.82, 2.24) is 5.32 Å². The van der Waals surface area contributed by atoms with E-state index in [0.29, 0.717) is 18.3 Å². The van der Waals surface area contributed by atoms with Gasteiger partial charge in [0.05, 0.1) is 12.2 Å². The van der Waals surface area contributed by atoms with Gasteiger partial charge in [0.2, 0.25) is 5.91 Å². The number of amides is 1. The van der Waals surface area contributed by atoms with Crippen LogP contribution in [-0.4, -0.2) is 33.9 Å². The lowest BCUT2D eigenvalue weighted by Crippen LogP contribution is -2.40. The summed E-state index contributed by atoms with van der Waals surface area (Å²) in [6.07, 6.45) is 15.4. The quantitative estimate of drug-likeness (QED) is 0.338. The monoisotopic (exact) mass is 405 g/mol. The van der Waals surface area contributed by atoms with Gasteiger partial charge in [0.15, 0.2) is 0 Å². The summed E-state index contributed by atoms with van der Waals surface area (Å²) >= 11 is 0. The zero-order valence-electron chi connectivity index (χ0n) is 19.0. The molecule has 166 valence electrons. The lowest BCUT2D eigenvalue weighted by atomic mass is 9.88. The van der Waals surface area contributed by atoms with Gasteiger partial charge in [0, 0.05) is 17.9 Å². The number of carbonyl (C=O) groups excluding carboxylic acids is 1. The van der Waals surface area contributed by atoms with Gasteiger partial charge < -0.3 is 15.5 Å². The van der Waals surface area contributed by atoms with Crippen molar-refractivity contribution in [2.45, 2.75) is 110 Å². The lowest BCUT2D eigenvalue weighted by Gasteiger charge is -2.20. The van der Waals surface area contributed by atoms with Crippen molar-refractivity contribution in [3.05, 3.63) is 23.8 Å². The summed E-state index contributed by atoms with van der Waals surface area (Å²) in [5.41, 5.74) is 1.33. The Morgan fingerprint density at radius 3 is 2.72 bits per heavy atom. The number of nitrogens with one attached hydrogen (secondary N) is 1. The predicted octanol–water partition coefficient (Wildman–Crippen LogP) is 4.90. The summed E-state index contributed by atoms with van der Waals surface area (Å²) in [6.45, 7) is 8.20. The summed E-state index contributed by atoms with van der Waals surface area (Å²) in [4.78, 5) is 11.9. The zero-order valence-corrected chi connectivity index (χ0v) is 19.0. The van der Waals surface area contributed by atoms with Crippen molar-refractivity contribution in [2.75, 3.05) is 0 Å². The summed E-state index contributed by atoms with van der Waals surface area (Å²) in [7, 11) is 0. The van der Waals surface area contributed by atoms with Gasteiger partial charge in [-0.15, -0.1) is 0 Å². The number of hydrogen-bond donors (Lipinski definition) is 3. The molecule has 0 aromatic rings. The molecule has 3 N–H and O–H groups in total. The molecule has 0 radical (unpaired) electrons. The van der Waals surface area contributed by atoms with Gasteiger partial charge in [-0.3, -0.25) is 4.79 Å². The van der Waals surface area contributed by atoms with Crippen LogP contribution < -0.4 is 5.32 Å². The average Bonchev–Trinajstić information content (AvgIpc) is 3.12. The molecule has 1 saturated carbocycles. The molecule has 5 atom stereocenters. The van der Waals surface area contributed by atoms with Crippen LogP contribution in [0.25, 0.3) is 0 Å². The third kappa shape index (κ3) is 8.25. The van der Waals surface area contributed by atoms with Gasteiger partial charge >= 0.3 is 0 Å². The molecule has 0 saturated heterocycles. The van der Waals surface area contributed by atoms with E-state index in [1.165, 1.54) is 5.57 Å². The van der Waals surface area contributed by atoms with Crippen molar-refractivity contribution in [2.24, 2.45) is 17.8 Å². The van der Waals surface area contributed by atoms with E-state index >= 15 is 0 Å². The van der Waals surface area contributed by atoms with Crippen LogP contribution in [0.3, 0.4) is 0 Å². The number of hydrogen-bond acceptors (Lipinski definition) is 3. The van der Waals surface area contributed by atoms with E-state index in [9.17, 15) is 15.0 Å². The fourth-order valence-corrected chi connectivity index (χ4v) is 4.87. The first-order chi connectivity index (χ1) is 13.7. The van der Waals surface area contributed by atoms with Gasteiger partial charge in [-0.05, 0) is 71.1 Å².